The Hall–Kier alpha value is -0.900. The van der Waals surface area contributed by atoms with Crippen LogP contribution in [0.15, 0.2) is 22.8 Å². The minimum absolute atomic E-state index is 0.0371. The fraction of sp³-hybridized carbons (Fsp3) is 0.400. The molecule has 1 unspecified atom stereocenters. The molecule has 0 spiro atoms. The Labute approximate surface area is 92.1 Å². The van der Waals surface area contributed by atoms with Crippen molar-refractivity contribution in [1.29, 1.82) is 0 Å². The van der Waals surface area contributed by atoms with Gasteiger partial charge in [0.1, 0.15) is 0 Å². The Kier molecular flexibility index (Phi) is 4.07. The number of hydrogen-bond donors (Lipinski definition) is 1. The lowest BCUT2D eigenvalue weighted by atomic mass is 10.2. The van der Waals surface area contributed by atoms with Gasteiger partial charge in [0.2, 0.25) is 5.91 Å². The van der Waals surface area contributed by atoms with Gasteiger partial charge in [-0.05, 0) is 35.0 Å². The van der Waals surface area contributed by atoms with Crippen LogP contribution in [0.5, 0.6) is 0 Å². The maximum absolute atomic E-state index is 11.2. The van der Waals surface area contributed by atoms with E-state index in [0.717, 1.165) is 10.2 Å². The quantitative estimate of drug-likeness (QED) is 0.903. The van der Waals surface area contributed by atoms with E-state index >= 15 is 0 Å². The standard InChI is InChI=1S/C10H13BrN2O/c1-3-9(14)13-7(2)10-8(11)5-4-6-12-10/h4-7H,3H2,1-2H3,(H,13,14). The fourth-order valence-corrected chi connectivity index (χ4v) is 1.73. The highest BCUT2D eigenvalue weighted by atomic mass is 79.9. The second kappa shape index (κ2) is 5.10. The highest BCUT2D eigenvalue weighted by Gasteiger charge is 2.11. The average molecular weight is 257 g/mol. The van der Waals surface area contributed by atoms with Crippen molar-refractivity contribution in [3.8, 4) is 0 Å². The van der Waals surface area contributed by atoms with E-state index in [9.17, 15) is 4.79 Å². The summed E-state index contributed by atoms with van der Waals surface area (Å²) in [6, 6.07) is 3.71. The van der Waals surface area contributed by atoms with E-state index in [-0.39, 0.29) is 11.9 Å². The number of amides is 1. The molecule has 1 N–H and O–H groups in total. The largest absolute Gasteiger partial charge is 0.348 e. The number of carbonyl (C=O) groups excluding carboxylic acids is 1. The van der Waals surface area contributed by atoms with Crippen molar-refractivity contribution in [2.24, 2.45) is 0 Å². The molecule has 0 saturated heterocycles. The van der Waals surface area contributed by atoms with Crippen LogP contribution in [-0.4, -0.2) is 10.9 Å². The molecule has 0 fully saturated rings. The predicted molar refractivity (Wildman–Crippen MR) is 58.8 cm³/mol. The molecule has 3 nitrogen and oxygen atoms in total. The number of rotatable bonds is 3. The van der Waals surface area contributed by atoms with Crippen LogP contribution in [0.2, 0.25) is 0 Å². The fourth-order valence-electron chi connectivity index (χ4n) is 1.13. The van der Waals surface area contributed by atoms with Crippen LogP contribution in [0, 0.1) is 0 Å². The third-order valence-electron chi connectivity index (χ3n) is 1.90. The first-order valence-corrected chi connectivity index (χ1v) is 5.34. The maximum Gasteiger partial charge on any atom is 0.220 e. The van der Waals surface area contributed by atoms with E-state index < -0.39 is 0 Å². The number of hydrogen-bond acceptors (Lipinski definition) is 2. The zero-order valence-corrected chi connectivity index (χ0v) is 9.84. The Morgan fingerprint density at radius 3 is 3.00 bits per heavy atom. The van der Waals surface area contributed by atoms with Crippen molar-refractivity contribution in [2.75, 3.05) is 0 Å². The molecule has 0 bridgehead atoms. The Balaban J connectivity index is 2.74. The van der Waals surface area contributed by atoms with Crippen molar-refractivity contribution < 1.29 is 4.79 Å². The minimum Gasteiger partial charge on any atom is -0.348 e. The van der Waals surface area contributed by atoms with Crippen LogP contribution < -0.4 is 5.32 Å². The summed E-state index contributed by atoms with van der Waals surface area (Å²) in [5.41, 5.74) is 0.856. The number of pyridine rings is 1. The summed E-state index contributed by atoms with van der Waals surface area (Å²) >= 11 is 3.39. The highest BCUT2D eigenvalue weighted by molar-refractivity contribution is 9.10. The molecular formula is C10H13BrN2O. The molecule has 0 aliphatic carbocycles. The molecule has 1 rings (SSSR count). The van der Waals surface area contributed by atoms with E-state index in [2.05, 4.69) is 26.2 Å². The van der Waals surface area contributed by atoms with Crippen molar-refractivity contribution >= 4 is 21.8 Å². The summed E-state index contributed by atoms with van der Waals surface area (Å²) in [6.07, 6.45) is 2.21. The van der Waals surface area contributed by atoms with Crippen LogP contribution in [0.1, 0.15) is 32.0 Å². The van der Waals surface area contributed by atoms with Gasteiger partial charge in [-0.25, -0.2) is 0 Å². The Morgan fingerprint density at radius 2 is 2.43 bits per heavy atom. The molecule has 0 aliphatic heterocycles. The molecule has 1 heterocycles. The third-order valence-corrected chi connectivity index (χ3v) is 2.57. The van der Waals surface area contributed by atoms with E-state index in [1.165, 1.54) is 0 Å². The lowest BCUT2D eigenvalue weighted by Gasteiger charge is -2.13. The number of aromatic nitrogens is 1. The first-order chi connectivity index (χ1) is 6.65. The first kappa shape index (κ1) is 11.2. The monoisotopic (exact) mass is 256 g/mol. The number of nitrogens with zero attached hydrogens (tertiary/aromatic N) is 1. The average Bonchev–Trinajstić information content (AvgIpc) is 2.18. The second-order valence-corrected chi connectivity index (χ2v) is 3.87. The van der Waals surface area contributed by atoms with Gasteiger partial charge in [-0.15, -0.1) is 0 Å². The van der Waals surface area contributed by atoms with Crippen LogP contribution >= 0.6 is 15.9 Å². The summed E-state index contributed by atoms with van der Waals surface area (Å²) in [5, 5.41) is 2.86. The van der Waals surface area contributed by atoms with Gasteiger partial charge in [0.15, 0.2) is 0 Å². The molecule has 0 saturated carbocycles. The van der Waals surface area contributed by atoms with Crippen LogP contribution in [0.25, 0.3) is 0 Å². The van der Waals surface area contributed by atoms with Gasteiger partial charge in [-0.2, -0.15) is 0 Å². The minimum atomic E-state index is -0.0574. The van der Waals surface area contributed by atoms with Gasteiger partial charge < -0.3 is 5.32 Å². The summed E-state index contributed by atoms with van der Waals surface area (Å²) in [6.45, 7) is 3.75. The van der Waals surface area contributed by atoms with Crippen molar-refractivity contribution in [3.63, 3.8) is 0 Å². The number of halogens is 1. The maximum atomic E-state index is 11.2. The molecule has 14 heavy (non-hydrogen) atoms. The van der Waals surface area contributed by atoms with E-state index in [1.54, 1.807) is 6.20 Å². The zero-order chi connectivity index (χ0) is 10.6. The molecule has 1 aromatic rings. The van der Waals surface area contributed by atoms with Crippen molar-refractivity contribution in [2.45, 2.75) is 26.3 Å². The molecule has 1 aromatic heterocycles. The predicted octanol–water partition coefficient (Wildman–Crippen LogP) is 2.43. The Bertz CT molecular complexity index is 328. The zero-order valence-electron chi connectivity index (χ0n) is 8.25. The van der Waals surface area contributed by atoms with Gasteiger partial charge in [0.05, 0.1) is 11.7 Å². The van der Waals surface area contributed by atoms with Gasteiger partial charge in [-0.1, -0.05) is 6.92 Å². The SMILES string of the molecule is CCC(=O)NC(C)c1ncccc1Br. The molecule has 0 aromatic carbocycles. The normalized spacial score (nSPS) is 12.2. The van der Waals surface area contributed by atoms with E-state index in [4.69, 9.17) is 0 Å². The lowest BCUT2D eigenvalue weighted by Crippen LogP contribution is -2.26. The summed E-state index contributed by atoms with van der Waals surface area (Å²) in [4.78, 5) is 15.4. The smallest absolute Gasteiger partial charge is 0.220 e. The van der Waals surface area contributed by atoms with Crippen molar-refractivity contribution in [1.82, 2.24) is 10.3 Å². The molecule has 0 radical (unpaired) electrons. The topological polar surface area (TPSA) is 42.0 Å². The van der Waals surface area contributed by atoms with Crippen LogP contribution in [0.4, 0.5) is 0 Å². The van der Waals surface area contributed by atoms with Gasteiger partial charge in [-0.3, -0.25) is 9.78 Å². The summed E-state index contributed by atoms with van der Waals surface area (Å²) < 4.78 is 0.920. The summed E-state index contributed by atoms with van der Waals surface area (Å²) in [7, 11) is 0. The van der Waals surface area contributed by atoms with Gasteiger partial charge >= 0.3 is 0 Å². The van der Waals surface area contributed by atoms with Gasteiger partial charge in [0, 0.05) is 17.1 Å². The van der Waals surface area contributed by atoms with E-state index in [1.807, 2.05) is 26.0 Å². The molecule has 1 amide bonds. The Morgan fingerprint density at radius 1 is 1.71 bits per heavy atom. The highest BCUT2D eigenvalue weighted by Crippen LogP contribution is 2.19. The van der Waals surface area contributed by atoms with E-state index in [0.29, 0.717) is 6.42 Å². The second-order valence-electron chi connectivity index (χ2n) is 3.01. The third kappa shape index (κ3) is 2.80. The number of nitrogens with one attached hydrogen (secondary N) is 1. The number of carbonyl (C=O) groups is 1. The molecule has 0 aliphatic rings. The van der Waals surface area contributed by atoms with Crippen molar-refractivity contribution in [3.05, 3.63) is 28.5 Å². The van der Waals surface area contributed by atoms with Gasteiger partial charge in [0.25, 0.3) is 0 Å². The molecule has 76 valence electrons. The van der Waals surface area contributed by atoms with Crippen LogP contribution in [-0.2, 0) is 4.79 Å². The molecular weight excluding hydrogens is 244 g/mol. The summed E-state index contributed by atoms with van der Waals surface area (Å²) in [5.74, 6) is 0.0371. The lowest BCUT2D eigenvalue weighted by molar-refractivity contribution is -0.121. The first-order valence-electron chi connectivity index (χ1n) is 4.55. The van der Waals surface area contributed by atoms with Crippen LogP contribution in [0.3, 0.4) is 0 Å². The molecule has 1 atom stereocenters. The molecule has 4 heteroatoms.